The number of Topliss-reactive ketones (excluding diaryl/α,β-unsaturated/α-hetero) is 1. The first-order valence-electron chi connectivity index (χ1n) is 12.0. The molecule has 2 amide bonds. The monoisotopic (exact) mass is 500 g/mol. The molecule has 3 aromatic rings. The van der Waals surface area contributed by atoms with Crippen molar-refractivity contribution >= 4 is 23.8 Å². The second-order valence-electron chi connectivity index (χ2n) is 8.98. The molecule has 0 heterocycles. The van der Waals surface area contributed by atoms with Crippen LogP contribution in [0.4, 0.5) is 4.79 Å². The lowest BCUT2D eigenvalue weighted by Crippen LogP contribution is -2.51. The van der Waals surface area contributed by atoms with E-state index in [0.717, 1.165) is 27.8 Å². The van der Waals surface area contributed by atoms with Crippen molar-refractivity contribution in [2.45, 2.75) is 37.8 Å². The Bertz CT molecular complexity index is 1260. The summed E-state index contributed by atoms with van der Waals surface area (Å²) in [5.74, 6) is -2.64. The lowest BCUT2D eigenvalue weighted by Gasteiger charge is -2.21. The number of aliphatic carboxylic acids is 1. The molecule has 8 heteroatoms. The maximum atomic E-state index is 12.8. The average molecular weight is 501 g/mol. The van der Waals surface area contributed by atoms with Crippen LogP contribution >= 0.6 is 0 Å². The van der Waals surface area contributed by atoms with Gasteiger partial charge < -0.3 is 20.5 Å². The fourth-order valence-corrected chi connectivity index (χ4v) is 4.55. The summed E-state index contributed by atoms with van der Waals surface area (Å²) in [6.45, 7) is 1.57. The lowest BCUT2D eigenvalue weighted by atomic mass is 9.98. The Kier molecular flexibility index (Phi) is 7.98. The summed E-state index contributed by atoms with van der Waals surface area (Å²) >= 11 is 0. The van der Waals surface area contributed by atoms with Gasteiger partial charge in [0, 0.05) is 5.92 Å². The third-order valence-corrected chi connectivity index (χ3v) is 6.38. The third kappa shape index (κ3) is 6.22. The van der Waals surface area contributed by atoms with E-state index in [4.69, 9.17) is 9.84 Å². The number of amides is 2. The predicted octanol–water partition coefficient (Wildman–Crippen LogP) is 3.68. The van der Waals surface area contributed by atoms with Crippen molar-refractivity contribution in [1.82, 2.24) is 10.6 Å². The molecule has 0 spiro atoms. The quantitative estimate of drug-likeness (QED) is 0.365. The second-order valence-corrected chi connectivity index (χ2v) is 8.98. The van der Waals surface area contributed by atoms with Crippen LogP contribution in [0.1, 0.15) is 36.0 Å². The van der Waals surface area contributed by atoms with Gasteiger partial charge in [0.15, 0.2) is 5.78 Å². The molecule has 0 radical (unpaired) electrons. The van der Waals surface area contributed by atoms with Gasteiger partial charge in [-0.3, -0.25) is 14.4 Å². The number of rotatable bonds is 10. The Morgan fingerprint density at radius 1 is 0.838 bits per heavy atom. The topological polar surface area (TPSA) is 122 Å². The molecule has 0 aromatic heterocycles. The van der Waals surface area contributed by atoms with Gasteiger partial charge in [-0.1, -0.05) is 78.9 Å². The molecule has 8 nitrogen and oxygen atoms in total. The Labute approximate surface area is 214 Å². The van der Waals surface area contributed by atoms with Crippen molar-refractivity contribution < 1.29 is 29.0 Å². The Morgan fingerprint density at radius 3 is 2.00 bits per heavy atom. The Morgan fingerprint density at radius 2 is 1.41 bits per heavy atom. The van der Waals surface area contributed by atoms with E-state index in [9.17, 15) is 19.2 Å². The first-order chi connectivity index (χ1) is 17.8. The third-order valence-electron chi connectivity index (χ3n) is 6.38. The highest BCUT2D eigenvalue weighted by Crippen LogP contribution is 2.44. The van der Waals surface area contributed by atoms with Gasteiger partial charge in [0.1, 0.15) is 19.1 Å². The first kappa shape index (κ1) is 25.6. The molecule has 2 atom stereocenters. The van der Waals surface area contributed by atoms with Crippen LogP contribution in [0.5, 0.6) is 0 Å². The number of carboxylic acids is 1. The van der Waals surface area contributed by atoms with E-state index in [-0.39, 0.29) is 18.9 Å². The molecular formula is C29H28N2O6. The van der Waals surface area contributed by atoms with Gasteiger partial charge in [-0.05, 0) is 41.2 Å². The van der Waals surface area contributed by atoms with E-state index in [1.165, 1.54) is 6.92 Å². The predicted molar refractivity (Wildman–Crippen MR) is 137 cm³/mol. The number of ketones is 1. The summed E-state index contributed by atoms with van der Waals surface area (Å²) in [6.07, 6.45) is -1.34. The Hall–Kier alpha value is -4.46. The van der Waals surface area contributed by atoms with Gasteiger partial charge in [-0.15, -0.1) is 0 Å². The second kappa shape index (κ2) is 11.5. The number of benzene rings is 3. The molecule has 0 unspecified atom stereocenters. The molecule has 3 N–H and O–H groups in total. The van der Waals surface area contributed by atoms with Crippen molar-refractivity contribution in [3.63, 3.8) is 0 Å². The van der Waals surface area contributed by atoms with Crippen LogP contribution in [0, 0.1) is 0 Å². The number of alkyl carbamates (subject to hydrolysis) is 1. The minimum Gasteiger partial charge on any atom is -0.481 e. The fourth-order valence-electron chi connectivity index (χ4n) is 4.55. The molecule has 0 saturated heterocycles. The summed E-state index contributed by atoms with van der Waals surface area (Å²) < 4.78 is 5.49. The summed E-state index contributed by atoms with van der Waals surface area (Å²) in [6, 6.07) is 22.8. The first-order valence-corrected chi connectivity index (χ1v) is 12.0. The Balaban J connectivity index is 1.35. The van der Waals surface area contributed by atoms with E-state index in [1.54, 1.807) is 24.3 Å². The number of hydrogen-bond donors (Lipinski definition) is 3. The van der Waals surface area contributed by atoms with Gasteiger partial charge in [-0.25, -0.2) is 4.79 Å². The van der Waals surface area contributed by atoms with E-state index >= 15 is 0 Å². The maximum absolute atomic E-state index is 12.8. The number of hydrogen-bond acceptors (Lipinski definition) is 5. The van der Waals surface area contributed by atoms with E-state index in [1.807, 2.05) is 54.6 Å². The summed E-state index contributed by atoms with van der Waals surface area (Å²) in [5, 5.41) is 14.1. The van der Waals surface area contributed by atoms with Crippen molar-refractivity contribution in [2.24, 2.45) is 0 Å². The molecule has 4 rings (SSSR count). The maximum Gasteiger partial charge on any atom is 0.407 e. The zero-order valence-electron chi connectivity index (χ0n) is 20.3. The van der Waals surface area contributed by atoms with Gasteiger partial charge in [0.2, 0.25) is 5.91 Å². The van der Waals surface area contributed by atoms with Gasteiger partial charge >= 0.3 is 12.1 Å². The van der Waals surface area contributed by atoms with Crippen LogP contribution in [0.2, 0.25) is 0 Å². The van der Waals surface area contributed by atoms with Crippen molar-refractivity contribution in [3.8, 4) is 11.1 Å². The molecule has 3 aromatic carbocycles. The van der Waals surface area contributed by atoms with Crippen molar-refractivity contribution in [3.05, 3.63) is 95.6 Å². The lowest BCUT2D eigenvalue weighted by molar-refractivity contribution is -0.141. The number of carbonyl (C=O) groups is 4. The van der Waals surface area contributed by atoms with Crippen LogP contribution in [-0.2, 0) is 25.5 Å². The molecule has 0 bridgehead atoms. The van der Waals surface area contributed by atoms with Gasteiger partial charge in [0.05, 0.1) is 6.04 Å². The number of nitrogens with one attached hydrogen (secondary N) is 2. The molecule has 1 aliphatic carbocycles. The molecule has 0 saturated carbocycles. The molecule has 37 heavy (non-hydrogen) atoms. The summed E-state index contributed by atoms with van der Waals surface area (Å²) in [4.78, 5) is 48.9. The van der Waals surface area contributed by atoms with E-state index in [0.29, 0.717) is 0 Å². The summed E-state index contributed by atoms with van der Waals surface area (Å²) in [5.41, 5.74) is 5.13. The van der Waals surface area contributed by atoms with Crippen molar-refractivity contribution in [2.75, 3.05) is 6.61 Å². The van der Waals surface area contributed by atoms with Crippen LogP contribution in [0.25, 0.3) is 11.1 Å². The zero-order valence-corrected chi connectivity index (χ0v) is 20.3. The highest BCUT2D eigenvalue weighted by atomic mass is 16.5. The largest absolute Gasteiger partial charge is 0.481 e. The molecular weight excluding hydrogens is 472 g/mol. The number of ether oxygens (including phenoxy) is 1. The summed E-state index contributed by atoms with van der Waals surface area (Å²) in [7, 11) is 0. The SMILES string of the molecule is C[C@H](NC(=O)OCC1c2ccccc2-c2ccccc21)C(=O)N[C@@H](Cc1ccccc1)C(=O)CC(=O)O. The minimum atomic E-state index is -1.28. The molecule has 190 valence electrons. The molecule has 0 aliphatic heterocycles. The normalized spacial score (nSPS) is 13.5. The van der Waals surface area contributed by atoms with Crippen LogP contribution in [0.3, 0.4) is 0 Å². The minimum absolute atomic E-state index is 0.0991. The van der Waals surface area contributed by atoms with Crippen LogP contribution < -0.4 is 10.6 Å². The highest BCUT2D eigenvalue weighted by molar-refractivity contribution is 6.00. The number of carbonyl (C=O) groups excluding carboxylic acids is 3. The average Bonchev–Trinajstić information content (AvgIpc) is 3.21. The standard InChI is InChI=1S/C29H28N2O6/c1-18(28(35)31-25(26(32)16-27(33)34)15-19-9-3-2-4-10-19)30-29(36)37-17-24-22-13-7-5-11-20(22)21-12-6-8-14-23(21)24/h2-14,18,24-25H,15-17H2,1H3,(H,30,36)(H,31,35)(H,33,34)/t18-,25-/m0/s1. The van der Waals surface area contributed by atoms with Crippen LogP contribution in [0.15, 0.2) is 78.9 Å². The smallest absolute Gasteiger partial charge is 0.407 e. The van der Waals surface area contributed by atoms with Gasteiger partial charge in [0.25, 0.3) is 0 Å². The number of carboxylic acid groups (broad SMARTS) is 1. The van der Waals surface area contributed by atoms with E-state index < -0.39 is 42.3 Å². The van der Waals surface area contributed by atoms with E-state index in [2.05, 4.69) is 10.6 Å². The zero-order chi connectivity index (χ0) is 26.4. The molecule has 1 aliphatic rings. The van der Waals surface area contributed by atoms with Crippen LogP contribution in [-0.4, -0.2) is 47.6 Å². The fraction of sp³-hybridized carbons (Fsp3) is 0.241. The van der Waals surface area contributed by atoms with Crippen molar-refractivity contribution in [1.29, 1.82) is 0 Å². The number of fused-ring (bicyclic) bond motifs is 3. The highest BCUT2D eigenvalue weighted by Gasteiger charge is 2.30. The molecule has 0 fully saturated rings. The van der Waals surface area contributed by atoms with Gasteiger partial charge in [-0.2, -0.15) is 0 Å².